The molecule has 4 rings (SSSR count). The van der Waals surface area contributed by atoms with Crippen molar-refractivity contribution in [2.75, 3.05) is 11.5 Å². The summed E-state index contributed by atoms with van der Waals surface area (Å²) in [4.78, 5) is 18.1. The van der Waals surface area contributed by atoms with Crippen LogP contribution in [0, 0.1) is 0 Å². The van der Waals surface area contributed by atoms with Gasteiger partial charge in [-0.25, -0.2) is 14.3 Å². The van der Waals surface area contributed by atoms with E-state index in [0.717, 1.165) is 5.56 Å². The van der Waals surface area contributed by atoms with Crippen LogP contribution in [0.5, 0.6) is 0 Å². The maximum absolute atomic E-state index is 12.1. The summed E-state index contributed by atoms with van der Waals surface area (Å²) in [5, 5.41) is 4.10. The molecule has 0 spiro atoms. The summed E-state index contributed by atoms with van der Waals surface area (Å²) >= 11 is 0. The van der Waals surface area contributed by atoms with Crippen LogP contribution in [0.1, 0.15) is 11.6 Å². The number of nitrogens with zero attached hydrogens (tertiary/aromatic N) is 4. The molecule has 6 heteroatoms. The number of aromatic nitrogens is 3. The molecule has 104 valence electrons. The predicted molar refractivity (Wildman–Crippen MR) is 76.0 cm³/mol. The van der Waals surface area contributed by atoms with Crippen molar-refractivity contribution in [3.8, 4) is 0 Å². The van der Waals surface area contributed by atoms with E-state index in [1.165, 1.54) is 0 Å². The van der Waals surface area contributed by atoms with Gasteiger partial charge in [0.2, 0.25) is 0 Å². The standard InChI is InChI=1S/C15H12N4O2/c20-15-19(12(10-21-15)11-4-2-1-3-5-11)14-7-9-18-13(17-14)6-8-16-18/h1-9,12H,10H2/t12-/m1/s1. The van der Waals surface area contributed by atoms with Gasteiger partial charge in [0.15, 0.2) is 5.65 Å². The number of fused-ring (bicyclic) bond motifs is 1. The van der Waals surface area contributed by atoms with Crippen molar-refractivity contribution in [2.45, 2.75) is 6.04 Å². The van der Waals surface area contributed by atoms with Crippen LogP contribution in [0.25, 0.3) is 5.65 Å². The van der Waals surface area contributed by atoms with E-state index < -0.39 is 0 Å². The predicted octanol–water partition coefficient (Wildman–Crippen LogP) is 2.43. The van der Waals surface area contributed by atoms with Gasteiger partial charge in [0.05, 0.1) is 6.20 Å². The van der Waals surface area contributed by atoms with E-state index >= 15 is 0 Å². The molecule has 0 saturated carbocycles. The molecule has 0 radical (unpaired) electrons. The molecular formula is C15H12N4O2. The van der Waals surface area contributed by atoms with Gasteiger partial charge in [-0.15, -0.1) is 0 Å². The second-order valence-electron chi connectivity index (χ2n) is 4.79. The number of hydrogen-bond donors (Lipinski definition) is 0. The van der Waals surface area contributed by atoms with E-state index in [-0.39, 0.29) is 12.1 Å². The van der Waals surface area contributed by atoms with Crippen LogP contribution in [0.4, 0.5) is 10.6 Å². The summed E-state index contributed by atoms with van der Waals surface area (Å²) in [6.45, 7) is 0.328. The summed E-state index contributed by atoms with van der Waals surface area (Å²) in [7, 11) is 0. The van der Waals surface area contributed by atoms with E-state index in [9.17, 15) is 4.79 Å². The molecule has 1 fully saturated rings. The molecule has 0 bridgehead atoms. The van der Waals surface area contributed by atoms with Crippen LogP contribution in [0.15, 0.2) is 54.9 Å². The third kappa shape index (κ3) is 1.92. The lowest BCUT2D eigenvalue weighted by Crippen LogP contribution is -2.28. The Morgan fingerprint density at radius 1 is 1.14 bits per heavy atom. The zero-order valence-electron chi connectivity index (χ0n) is 11.1. The Hall–Kier alpha value is -2.89. The number of benzene rings is 1. The Morgan fingerprint density at radius 3 is 2.86 bits per heavy atom. The topological polar surface area (TPSA) is 59.7 Å². The molecule has 0 aliphatic carbocycles. The van der Waals surface area contributed by atoms with E-state index in [1.54, 1.807) is 33.9 Å². The van der Waals surface area contributed by atoms with Gasteiger partial charge in [-0.05, 0) is 11.6 Å². The normalized spacial score (nSPS) is 18.2. The van der Waals surface area contributed by atoms with Crippen molar-refractivity contribution in [2.24, 2.45) is 0 Å². The van der Waals surface area contributed by atoms with E-state index in [0.29, 0.717) is 18.1 Å². The van der Waals surface area contributed by atoms with Crippen molar-refractivity contribution in [3.63, 3.8) is 0 Å². The molecule has 1 saturated heterocycles. The summed E-state index contributed by atoms with van der Waals surface area (Å²) in [5.74, 6) is 0.569. The number of rotatable bonds is 2. The smallest absolute Gasteiger partial charge is 0.416 e. The van der Waals surface area contributed by atoms with Gasteiger partial charge >= 0.3 is 6.09 Å². The van der Waals surface area contributed by atoms with Gasteiger partial charge in [-0.3, -0.25) is 4.90 Å². The first kappa shape index (κ1) is 11.9. The summed E-state index contributed by atoms with van der Waals surface area (Å²) in [5.41, 5.74) is 1.72. The summed E-state index contributed by atoms with van der Waals surface area (Å²) in [6.07, 6.45) is 3.08. The molecule has 21 heavy (non-hydrogen) atoms. The number of hydrogen-bond acceptors (Lipinski definition) is 4. The number of cyclic esters (lactones) is 1. The highest BCUT2D eigenvalue weighted by Gasteiger charge is 2.36. The number of amides is 1. The number of carbonyl (C=O) groups is 1. The van der Waals surface area contributed by atoms with Crippen LogP contribution in [-0.4, -0.2) is 27.3 Å². The maximum atomic E-state index is 12.1. The Balaban J connectivity index is 1.78. The second-order valence-corrected chi connectivity index (χ2v) is 4.79. The molecule has 6 nitrogen and oxygen atoms in total. The fraction of sp³-hybridized carbons (Fsp3) is 0.133. The molecule has 2 aromatic heterocycles. The van der Waals surface area contributed by atoms with Crippen LogP contribution in [0.3, 0.4) is 0 Å². The second kappa shape index (κ2) is 4.59. The Bertz CT molecular complexity index is 800. The average Bonchev–Trinajstić information content (AvgIpc) is 3.13. The van der Waals surface area contributed by atoms with Crippen molar-refractivity contribution in [3.05, 3.63) is 60.4 Å². The first-order valence-electron chi connectivity index (χ1n) is 6.64. The van der Waals surface area contributed by atoms with E-state index in [2.05, 4.69) is 10.1 Å². The Morgan fingerprint density at radius 2 is 2.00 bits per heavy atom. The maximum Gasteiger partial charge on any atom is 0.416 e. The highest BCUT2D eigenvalue weighted by atomic mass is 16.6. The third-order valence-electron chi connectivity index (χ3n) is 3.55. The largest absolute Gasteiger partial charge is 0.447 e. The number of ether oxygens (including phenoxy) is 1. The van der Waals surface area contributed by atoms with E-state index in [1.807, 2.05) is 30.3 Å². The van der Waals surface area contributed by atoms with Gasteiger partial charge in [-0.2, -0.15) is 5.10 Å². The quantitative estimate of drug-likeness (QED) is 0.723. The zero-order valence-corrected chi connectivity index (χ0v) is 11.1. The lowest BCUT2D eigenvalue weighted by Gasteiger charge is -2.20. The minimum atomic E-state index is -0.375. The molecule has 1 aliphatic rings. The fourth-order valence-electron chi connectivity index (χ4n) is 2.53. The first-order chi connectivity index (χ1) is 10.3. The van der Waals surface area contributed by atoms with Crippen LogP contribution in [-0.2, 0) is 4.74 Å². The lowest BCUT2D eigenvalue weighted by molar-refractivity contribution is 0.179. The number of carbonyl (C=O) groups excluding carboxylic acids is 1. The molecule has 3 aromatic rings. The van der Waals surface area contributed by atoms with Gasteiger partial charge in [-0.1, -0.05) is 30.3 Å². The summed E-state index contributed by atoms with van der Waals surface area (Å²) < 4.78 is 6.86. The molecule has 1 aliphatic heterocycles. The van der Waals surface area contributed by atoms with Crippen LogP contribution >= 0.6 is 0 Å². The average molecular weight is 280 g/mol. The summed E-state index contributed by atoms with van der Waals surface area (Å²) in [6, 6.07) is 13.2. The highest BCUT2D eigenvalue weighted by molar-refractivity contribution is 5.89. The zero-order chi connectivity index (χ0) is 14.2. The van der Waals surface area contributed by atoms with Gasteiger partial charge in [0.25, 0.3) is 0 Å². The SMILES string of the molecule is O=C1OC[C@H](c2ccccc2)N1c1ccn2nccc2n1. The third-order valence-corrected chi connectivity index (χ3v) is 3.55. The molecule has 1 amide bonds. The Labute approximate surface area is 120 Å². The van der Waals surface area contributed by atoms with Crippen molar-refractivity contribution < 1.29 is 9.53 Å². The van der Waals surface area contributed by atoms with Crippen molar-refractivity contribution in [1.29, 1.82) is 0 Å². The lowest BCUT2D eigenvalue weighted by atomic mass is 10.1. The minimum absolute atomic E-state index is 0.156. The highest BCUT2D eigenvalue weighted by Crippen LogP contribution is 2.31. The minimum Gasteiger partial charge on any atom is -0.447 e. The monoisotopic (exact) mass is 280 g/mol. The molecule has 1 atom stereocenters. The fourth-order valence-corrected chi connectivity index (χ4v) is 2.53. The molecule has 0 unspecified atom stereocenters. The molecule has 3 heterocycles. The molecular weight excluding hydrogens is 268 g/mol. The van der Waals surface area contributed by atoms with E-state index in [4.69, 9.17) is 4.74 Å². The van der Waals surface area contributed by atoms with Gasteiger partial charge < -0.3 is 4.74 Å². The Kier molecular flexibility index (Phi) is 2.60. The number of anilines is 1. The van der Waals surface area contributed by atoms with Crippen LogP contribution in [0.2, 0.25) is 0 Å². The van der Waals surface area contributed by atoms with Gasteiger partial charge in [0.1, 0.15) is 18.5 Å². The van der Waals surface area contributed by atoms with Crippen molar-refractivity contribution >= 4 is 17.6 Å². The first-order valence-corrected chi connectivity index (χ1v) is 6.64. The van der Waals surface area contributed by atoms with Crippen LogP contribution < -0.4 is 4.90 Å². The van der Waals surface area contributed by atoms with Gasteiger partial charge in [0, 0.05) is 12.3 Å². The van der Waals surface area contributed by atoms with Crippen molar-refractivity contribution in [1.82, 2.24) is 14.6 Å². The molecule has 1 aromatic carbocycles. The molecule has 0 N–H and O–H groups in total.